The number of amides is 2. The summed E-state index contributed by atoms with van der Waals surface area (Å²) in [6.07, 6.45) is 2.20. The molecule has 0 heterocycles. The number of carbonyl (C=O) groups is 2. The molecular formula is C25H33N3O2. The summed E-state index contributed by atoms with van der Waals surface area (Å²) in [5.41, 5.74) is 11.0. The van der Waals surface area contributed by atoms with Crippen LogP contribution in [0.3, 0.4) is 0 Å². The Hall–Kier alpha value is -2.66. The van der Waals surface area contributed by atoms with Gasteiger partial charge in [-0.25, -0.2) is 0 Å². The van der Waals surface area contributed by atoms with Crippen molar-refractivity contribution in [2.24, 2.45) is 11.1 Å². The lowest BCUT2D eigenvalue weighted by Crippen LogP contribution is -2.40. The number of nitrogens with one attached hydrogen (secondary N) is 1. The van der Waals surface area contributed by atoms with Crippen LogP contribution in [0.2, 0.25) is 0 Å². The second-order valence-electron chi connectivity index (χ2n) is 9.52. The van der Waals surface area contributed by atoms with E-state index in [4.69, 9.17) is 5.73 Å². The molecule has 160 valence electrons. The van der Waals surface area contributed by atoms with Crippen molar-refractivity contribution in [3.05, 3.63) is 58.7 Å². The van der Waals surface area contributed by atoms with Gasteiger partial charge in [0.2, 0.25) is 5.91 Å². The lowest BCUT2D eigenvalue weighted by Gasteiger charge is -2.28. The molecule has 3 rings (SSSR count). The van der Waals surface area contributed by atoms with Gasteiger partial charge in [0.25, 0.3) is 5.91 Å². The maximum absolute atomic E-state index is 13.2. The number of primary amides is 1. The summed E-state index contributed by atoms with van der Waals surface area (Å²) >= 11 is 0. The van der Waals surface area contributed by atoms with E-state index in [1.54, 1.807) is 12.1 Å². The lowest BCUT2D eigenvalue weighted by molar-refractivity contribution is 0.0927. The maximum atomic E-state index is 13.2. The van der Waals surface area contributed by atoms with E-state index in [9.17, 15) is 9.59 Å². The first-order valence-electron chi connectivity index (χ1n) is 10.6. The molecule has 1 saturated carbocycles. The van der Waals surface area contributed by atoms with Crippen molar-refractivity contribution in [3.63, 3.8) is 0 Å². The van der Waals surface area contributed by atoms with Crippen LogP contribution in [0.1, 0.15) is 64.4 Å². The zero-order valence-electron chi connectivity index (χ0n) is 18.7. The molecule has 0 bridgehead atoms. The predicted molar refractivity (Wildman–Crippen MR) is 122 cm³/mol. The summed E-state index contributed by atoms with van der Waals surface area (Å²) in [4.78, 5) is 26.8. The molecule has 2 amide bonds. The minimum atomic E-state index is -0.436. The van der Waals surface area contributed by atoms with Crippen LogP contribution in [0, 0.1) is 12.3 Å². The van der Waals surface area contributed by atoms with Crippen molar-refractivity contribution in [2.45, 2.75) is 39.5 Å². The molecule has 0 unspecified atom stereocenters. The first kappa shape index (κ1) is 22.0. The van der Waals surface area contributed by atoms with E-state index in [2.05, 4.69) is 31.0 Å². The van der Waals surface area contributed by atoms with Crippen LogP contribution in [0.4, 0.5) is 0 Å². The zero-order valence-corrected chi connectivity index (χ0v) is 18.7. The Morgan fingerprint density at radius 1 is 1.10 bits per heavy atom. The number of nitrogens with zero attached hydrogens (tertiary/aromatic N) is 1. The van der Waals surface area contributed by atoms with E-state index in [1.165, 1.54) is 0 Å². The molecule has 30 heavy (non-hydrogen) atoms. The quantitative estimate of drug-likeness (QED) is 0.696. The number of hydrogen-bond donors (Lipinski definition) is 2. The van der Waals surface area contributed by atoms with Gasteiger partial charge in [0.05, 0.1) is 0 Å². The topological polar surface area (TPSA) is 75.4 Å². The molecule has 2 aromatic rings. The van der Waals surface area contributed by atoms with E-state index >= 15 is 0 Å². The molecule has 5 heteroatoms. The normalized spacial score (nSPS) is 14.1. The third kappa shape index (κ3) is 5.08. The van der Waals surface area contributed by atoms with E-state index in [1.807, 2.05) is 38.4 Å². The van der Waals surface area contributed by atoms with Crippen LogP contribution >= 0.6 is 0 Å². The summed E-state index contributed by atoms with van der Waals surface area (Å²) in [6, 6.07) is 11.3. The Labute approximate surface area is 179 Å². The largest absolute Gasteiger partial charge is 0.366 e. The van der Waals surface area contributed by atoms with Crippen LogP contribution in [0.5, 0.6) is 0 Å². The number of aryl methyl sites for hydroxylation is 1. The summed E-state index contributed by atoms with van der Waals surface area (Å²) < 4.78 is 0. The van der Waals surface area contributed by atoms with Crippen molar-refractivity contribution in [3.8, 4) is 11.1 Å². The van der Waals surface area contributed by atoms with Gasteiger partial charge in [0.1, 0.15) is 0 Å². The SMILES string of the molecule is Cc1ccc(C(=O)NCC(C)(C)CN(C)C)c(C2CC2)c1-c1ccc(C(N)=O)cc1. The number of hydrogen-bond acceptors (Lipinski definition) is 3. The van der Waals surface area contributed by atoms with Crippen LogP contribution in [-0.4, -0.2) is 43.9 Å². The average molecular weight is 408 g/mol. The van der Waals surface area contributed by atoms with Crippen molar-refractivity contribution >= 4 is 11.8 Å². The Morgan fingerprint density at radius 3 is 2.27 bits per heavy atom. The standard InChI is InChI=1S/C25H33N3O2/c1-16-6-13-20(24(30)27-14-25(2,3)15-28(4)5)22(18-7-8-18)21(16)17-9-11-19(12-10-17)23(26)29/h6,9-13,18H,7-8,14-15H2,1-5H3,(H2,26,29)(H,27,30). The molecule has 3 N–H and O–H groups in total. The van der Waals surface area contributed by atoms with Gasteiger partial charge in [0.15, 0.2) is 0 Å². The molecule has 5 nitrogen and oxygen atoms in total. The van der Waals surface area contributed by atoms with E-state index in [-0.39, 0.29) is 11.3 Å². The van der Waals surface area contributed by atoms with Crippen LogP contribution < -0.4 is 11.1 Å². The predicted octanol–water partition coefficient (Wildman–Crippen LogP) is 3.96. The van der Waals surface area contributed by atoms with E-state index in [0.29, 0.717) is 18.0 Å². The summed E-state index contributed by atoms with van der Waals surface area (Å²) in [6.45, 7) is 7.91. The minimum Gasteiger partial charge on any atom is -0.366 e. The molecule has 1 aliphatic rings. The van der Waals surface area contributed by atoms with Gasteiger partial charge >= 0.3 is 0 Å². The summed E-state index contributed by atoms with van der Waals surface area (Å²) in [5, 5.41) is 3.16. The first-order valence-corrected chi connectivity index (χ1v) is 10.6. The minimum absolute atomic E-state index is 0.0151. The number of carbonyl (C=O) groups excluding carboxylic acids is 2. The first-order chi connectivity index (χ1) is 14.1. The van der Waals surface area contributed by atoms with Crippen molar-refractivity contribution in [1.82, 2.24) is 10.2 Å². The molecule has 0 spiro atoms. The number of nitrogens with two attached hydrogens (primary N) is 1. The highest BCUT2D eigenvalue weighted by Crippen LogP contribution is 2.47. The summed E-state index contributed by atoms with van der Waals surface area (Å²) in [7, 11) is 4.09. The molecule has 0 saturated heterocycles. The third-order valence-corrected chi connectivity index (χ3v) is 5.61. The number of rotatable bonds is 8. The fourth-order valence-corrected chi connectivity index (χ4v) is 4.23. The van der Waals surface area contributed by atoms with Gasteiger partial charge in [-0.2, -0.15) is 0 Å². The fraction of sp³-hybridized carbons (Fsp3) is 0.440. The zero-order chi connectivity index (χ0) is 22.1. The fourth-order valence-electron chi connectivity index (χ4n) is 4.23. The van der Waals surface area contributed by atoms with Gasteiger partial charge in [-0.3, -0.25) is 9.59 Å². The van der Waals surface area contributed by atoms with E-state index in [0.717, 1.165) is 47.2 Å². The molecule has 1 aliphatic carbocycles. The van der Waals surface area contributed by atoms with Gasteiger partial charge in [-0.05, 0) is 85.6 Å². The van der Waals surface area contributed by atoms with Crippen LogP contribution in [0.15, 0.2) is 36.4 Å². The Morgan fingerprint density at radius 2 is 1.73 bits per heavy atom. The molecular weight excluding hydrogens is 374 g/mol. The second kappa shape index (κ2) is 8.60. The Balaban J connectivity index is 1.94. The Kier molecular flexibility index (Phi) is 6.32. The van der Waals surface area contributed by atoms with Gasteiger partial charge in [-0.15, -0.1) is 0 Å². The van der Waals surface area contributed by atoms with Crippen LogP contribution in [0.25, 0.3) is 11.1 Å². The third-order valence-electron chi connectivity index (χ3n) is 5.61. The van der Waals surface area contributed by atoms with Gasteiger partial charge in [-0.1, -0.05) is 32.0 Å². The maximum Gasteiger partial charge on any atom is 0.251 e. The molecule has 0 aliphatic heterocycles. The van der Waals surface area contributed by atoms with Gasteiger partial charge < -0.3 is 16.0 Å². The van der Waals surface area contributed by atoms with Gasteiger partial charge in [0, 0.05) is 24.2 Å². The highest BCUT2D eigenvalue weighted by atomic mass is 16.2. The highest BCUT2D eigenvalue weighted by molar-refractivity contribution is 5.99. The lowest BCUT2D eigenvalue weighted by atomic mass is 9.87. The molecule has 1 fully saturated rings. The molecule has 0 radical (unpaired) electrons. The monoisotopic (exact) mass is 407 g/mol. The van der Waals surface area contributed by atoms with Crippen LogP contribution in [-0.2, 0) is 0 Å². The van der Waals surface area contributed by atoms with E-state index < -0.39 is 5.91 Å². The van der Waals surface area contributed by atoms with Crippen molar-refractivity contribution < 1.29 is 9.59 Å². The molecule has 0 aromatic heterocycles. The Bertz CT molecular complexity index is 942. The second-order valence-corrected chi connectivity index (χ2v) is 9.52. The summed E-state index contributed by atoms with van der Waals surface area (Å²) in [5.74, 6) is -0.0425. The van der Waals surface area contributed by atoms with Crippen molar-refractivity contribution in [2.75, 3.05) is 27.2 Å². The van der Waals surface area contributed by atoms with Crippen molar-refractivity contribution in [1.29, 1.82) is 0 Å². The average Bonchev–Trinajstić information content (AvgIpc) is 3.50. The molecule has 0 atom stereocenters. The highest BCUT2D eigenvalue weighted by Gasteiger charge is 2.32. The molecule has 2 aromatic carbocycles. The number of benzene rings is 2. The smallest absolute Gasteiger partial charge is 0.251 e.